The van der Waals surface area contributed by atoms with Crippen LogP contribution in [0.25, 0.3) is 16.9 Å². The molecular formula is C18H19N2O5+. The van der Waals surface area contributed by atoms with Crippen LogP contribution >= 0.6 is 0 Å². The highest BCUT2D eigenvalue weighted by Gasteiger charge is 2.28. The van der Waals surface area contributed by atoms with E-state index in [1.807, 2.05) is 31.2 Å². The lowest BCUT2D eigenvalue weighted by Gasteiger charge is -2.11. The van der Waals surface area contributed by atoms with Crippen LogP contribution in [0.2, 0.25) is 0 Å². The number of aromatic nitrogens is 2. The lowest BCUT2D eigenvalue weighted by atomic mass is 10.1. The van der Waals surface area contributed by atoms with Gasteiger partial charge in [-0.15, -0.1) is 0 Å². The zero-order valence-corrected chi connectivity index (χ0v) is 14.5. The Balaban J connectivity index is 2.21. The normalized spacial score (nSPS) is 10.6. The highest BCUT2D eigenvalue weighted by Crippen LogP contribution is 2.38. The Morgan fingerprint density at radius 2 is 1.56 bits per heavy atom. The molecule has 0 aliphatic heterocycles. The highest BCUT2D eigenvalue weighted by atomic mass is 16.5. The monoisotopic (exact) mass is 343 g/mol. The van der Waals surface area contributed by atoms with E-state index in [9.17, 15) is 4.79 Å². The lowest BCUT2D eigenvalue weighted by Crippen LogP contribution is -2.36. The van der Waals surface area contributed by atoms with Gasteiger partial charge in [0.1, 0.15) is 0 Å². The third-order valence-corrected chi connectivity index (χ3v) is 3.88. The minimum absolute atomic E-state index is 0.370. The van der Waals surface area contributed by atoms with Crippen molar-refractivity contribution in [2.75, 3.05) is 21.3 Å². The van der Waals surface area contributed by atoms with Crippen molar-refractivity contribution in [1.29, 1.82) is 0 Å². The Hall–Kier alpha value is -3.22. The van der Waals surface area contributed by atoms with E-state index >= 15 is 0 Å². The molecule has 0 atom stereocenters. The maximum atomic E-state index is 12.2. The second-order valence-corrected chi connectivity index (χ2v) is 5.41. The molecule has 0 radical (unpaired) electrons. The van der Waals surface area contributed by atoms with Gasteiger partial charge in [-0.25, -0.2) is 4.79 Å². The minimum atomic E-state index is -0.474. The maximum absolute atomic E-state index is 12.2. The molecule has 1 heterocycles. The van der Waals surface area contributed by atoms with Crippen LogP contribution < -0.4 is 24.5 Å². The molecule has 130 valence electrons. The van der Waals surface area contributed by atoms with Gasteiger partial charge in [-0.3, -0.25) is 4.52 Å². The Labute approximate surface area is 144 Å². The van der Waals surface area contributed by atoms with Gasteiger partial charge >= 0.3 is 11.3 Å². The van der Waals surface area contributed by atoms with Crippen LogP contribution in [-0.2, 0) is 0 Å². The van der Waals surface area contributed by atoms with E-state index in [0.717, 1.165) is 11.1 Å². The number of ether oxygens (including phenoxy) is 3. The van der Waals surface area contributed by atoms with Crippen molar-refractivity contribution in [3.63, 3.8) is 0 Å². The fourth-order valence-electron chi connectivity index (χ4n) is 2.61. The number of hydrogen-bond acceptors (Lipinski definition) is 5. The van der Waals surface area contributed by atoms with Crippen LogP contribution in [0, 0.1) is 6.92 Å². The molecule has 1 aromatic heterocycles. The molecule has 1 N–H and O–H groups in total. The van der Waals surface area contributed by atoms with Gasteiger partial charge in [0, 0.05) is 0 Å². The standard InChI is InChI=1S/C18H18N2O5/c1-11-5-7-12(8-6-11)16-18(21)25-19-20(16)13-9-14(22-2)17(24-4)15(10-13)23-3/h5-10H,1-4H3/p+1. The van der Waals surface area contributed by atoms with E-state index in [-0.39, 0.29) is 0 Å². The van der Waals surface area contributed by atoms with E-state index in [0.29, 0.717) is 28.6 Å². The number of H-pyrrole nitrogens is 1. The molecule has 0 aliphatic rings. The van der Waals surface area contributed by atoms with Gasteiger partial charge in [0.25, 0.3) is 0 Å². The second-order valence-electron chi connectivity index (χ2n) is 5.41. The molecule has 7 nitrogen and oxygen atoms in total. The first-order chi connectivity index (χ1) is 12.1. The highest BCUT2D eigenvalue weighted by molar-refractivity contribution is 5.58. The molecule has 2 aromatic carbocycles. The van der Waals surface area contributed by atoms with Crippen LogP contribution in [0.5, 0.6) is 17.2 Å². The smallest absolute Gasteiger partial charge is 0.435 e. The van der Waals surface area contributed by atoms with E-state index < -0.39 is 5.63 Å². The quantitative estimate of drug-likeness (QED) is 0.719. The molecule has 25 heavy (non-hydrogen) atoms. The molecular weight excluding hydrogens is 324 g/mol. The summed E-state index contributed by atoms with van der Waals surface area (Å²) >= 11 is 0. The van der Waals surface area contributed by atoms with E-state index in [1.165, 1.54) is 26.0 Å². The molecule has 3 aromatic rings. The van der Waals surface area contributed by atoms with Gasteiger partial charge in [0.2, 0.25) is 11.4 Å². The molecule has 0 saturated carbocycles. The third kappa shape index (κ3) is 2.96. The van der Waals surface area contributed by atoms with Gasteiger partial charge in [-0.2, -0.15) is 0 Å². The molecule has 0 unspecified atom stereocenters. The molecule has 0 spiro atoms. The number of benzene rings is 2. The molecule has 0 bridgehead atoms. The number of rotatable bonds is 5. The Morgan fingerprint density at radius 3 is 2.08 bits per heavy atom. The third-order valence-electron chi connectivity index (χ3n) is 3.88. The molecule has 7 heteroatoms. The Bertz CT molecular complexity index is 916. The molecule has 0 fully saturated rings. The average Bonchev–Trinajstić information content (AvgIpc) is 3.02. The summed E-state index contributed by atoms with van der Waals surface area (Å²) in [4.78, 5) is 12.2. The summed E-state index contributed by atoms with van der Waals surface area (Å²) in [5, 5.41) is 2.62. The van der Waals surface area contributed by atoms with Crippen LogP contribution in [0.15, 0.2) is 45.7 Å². The topological polar surface area (TPSA) is 77.6 Å². The number of aryl methyl sites for hydroxylation is 1. The van der Waals surface area contributed by atoms with Gasteiger partial charge in [-0.05, 0) is 29.0 Å². The van der Waals surface area contributed by atoms with Crippen LogP contribution in [0.1, 0.15) is 5.56 Å². The summed E-state index contributed by atoms with van der Waals surface area (Å²) in [5.41, 5.74) is 2.33. The summed E-state index contributed by atoms with van der Waals surface area (Å²) in [6.45, 7) is 1.98. The number of methoxy groups -OCH3 is 3. The van der Waals surface area contributed by atoms with Gasteiger partial charge < -0.3 is 14.2 Å². The van der Waals surface area contributed by atoms with Crippen molar-refractivity contribution < 1.29 is 23.4 Å². The van der Waals surface area contributed by atoms with Gasteiger partial charge in [0.05, 0.1) is 39.0 Å². The maximum Gasteiger partial charge on any atom is 0.435 e. The predicted octanol–water partition coefficient (Wildman–Crippen LogP) is 2.25. The predicted molar refractivity (Wildman–Crippen MR) is 90.7 cm³/mol. The zero-order chi connectivity index (χ0) is 18.0. The van der Waals surface area contributed by atoms with Crippen LogP contribution in [0.4, 0.5) is 0 Å². The Kier molecular flexibility index (Phi) is 4.47. The van der Waals surface area contributed by atoms with Crippen molar-refractivity contribution in [1.82, 2.24) is 5.27 Å². The summed E-state index contributed by atoms with van der Waals surface area (Å²) in [5.74, 6) is 1.42. The van der Waals surface area contributed by atoms with Crippen molar-refractivity contribution >= 4 is 0 Å². The second kappa shape index (κ2) is 6.72. The number of nitrogens with zero attached hydrogens (tertiary/aromatic N) is 1. The van der Waals surface area contributed by atoms with Crippen molar-refractivity contribution in [3.8, 4) is 34.2 Å². The van der Waals surface area contributed by atoms with Gasteiger partial charge in [-0.1, -0.05) is 17.7 Å². The molecule has 0 amide bonds. The Morgan fingerprint density at radius 1 is 0.960 bits per heavy atom. The van der Waals surface area contributed by atoms with Crippen LogP contribution in [0.3, 0.4) is 0 Å². The summed E-state index contributed by atoms with van der Waals surface area (Å²) in [7, 11) is 4.60. The molecule has 3 rings (SSSR count). The summed E-state index contributed by atoms with van der Waals surface area (Å²) < 4.78 is 22.6. The van der Waals surface area contributed by atoms with Crippen molar-refractivity contribution in [3.05, 3.63) is 52.4 Å². The first-order valence-electron chi connectivity index (χ1n) is 7.60. The van der Waals surface area contributed by atoms with E-state index in [4.69, 9.17) is 18.7 Å². The average molecular weight is 343 g/mol. The SMILES string of the molecule is COc1cc(-[n+]2[nH]oc(=O)c2-c2ccc(C)cc2)cc(OC)c1OC. The summed E-state index contributed by atoms with van der Waals surface area (Å²) in [6.07, 6.45) is 0. The van der Waals surface area contributed by atoms with E-state index in [2.05, 4.69) is 5.27 Å². The number of aromatic amines is 1. The van der Waals surface area contributed by atoms with Crippen molar-refractivity contribution in [2.45, 2.75) is 6.92 Å². The van der Waals surface area contributed by atoms with Crippen LogP contribution in [-0.4, -0.2) is 26.6 Å². The number of hydrogen-bond donors (Lipinski definition) is 1. The zero-order valence-electron chi connectivity index (χ0n) is 14.5. The minimum Gasteiger partial charge on any atom is -0.492 e. The first-order valence-corrected chi connectivity index (χ1v) is 7.60. The van der Waals surface area contributed by atoms with Crippen molar-refractivity contribution in [2.24, 2.45) is 0 Å². The number of nitrogens with one attached hydrogen (secondary N) is 1. The molecule has 0 saturated heterocycles. The molecule has 0 aliphatic carbocycles. The van der Waals surface area contributed by atoms with E-state index in [1.54, 1.807) is 12.1 Å². The largest absolute Gasteiger partial charge is 0.492 e. The summed E-state index contributed by atoms with van der Waals surface area (Å²) in [6, 6.07) is 11.0. The fraction of sp³-hybridized carbons (Fsp3) is 0.222. The fourth-order valence-corrected chi connectivity index (χ4v) is 2.61. The van der Waals surface area contributed by atoms with Gasteiger partial charge in [0.15, 0.2) is 11.5 Å². The lowest BCUT2D eigenvalue weighted by molar-refractivity contribution is -0.660. The first kappa shape index (κ1) is 16.6.